The Bertz CT molecular complexity index is 623. The number of nitrogens with one attached hydrogen (secondary N) is 1. The minimum absolute atomic E-state index is 0.154. The number of anilines is 1. The summed E-state index contributed by atoms with van der Waals surface area (Å²) in [6, 6.07) is 7.64. The zero-order valence-corrected chi connectivity index (χ0v) is 15.8. The first-order chi connectivity index (χ1) is 12.5. The van der Waals surface area contributed by atoms with E-state index < -0.39 is 11.4 Å². The molecule has 0 unspecified atom stereocenters. The highest BCUT2D eigenvalue weighted by Crippen LogP contribution is 2.28. The molecule has 7 heteroatoms. The zero-order valence-electron chi connectivity index (χ0n) is 15.8. The number of methoxy groups -OCH3 is 1. The summed E-state index contributed by atoms with van der Waals surface area (Å²) in [5.74, 6) is -0.0358. The molecule has 1 aliphatic heterocycles. The third kappa shape index (κ3) is 4.20. The van der Waals surface area contributed by atoms with E-state index in [1.165, 1.54) is 0 Å². The number of para-hydroxylation sites is 2. The lowest BCUT2D eigenvalue weighted by molar-refractivity contribution is -0.149. The number of carboxylic acids is 1. The Hall–Kier alpha value is -2.44. The summed E-state index contributed by atoms with van der Waals surface area (Å²) >= 11 is 0. The lowest BCUT2D eigenvalue weighted by Gasteiger charge is -2.37. The molecule has 1 aromatic rings. The number of ether oxygens (including phenoxy) is 1. The van der Waals surface area contributed by atoms with Gasteiger partial charge in [0.1, 0.15) is 5.75 Å². The van der Waals surface area contributed by atoms with E-state index in [2.05, 4.69) is 10.2 Å². The van der Waals surface area contributed by atoms with E-state index in [4.69, 9.17) is 4.74 Å². The number of rotatable bonds is 7. The van der Waals surface area contributed by atoms with Gasteiger partial charge in [-0.15, -0.1) is 0 Å². The highest BCUT2D eigenvalue weighted by atomic mass is 16.5. The standard InChI is InChI=1S/C19H29N3O4/c1-4-19(5-2,17(23)24)14-20-18(25)22-12-10-21(11-13-22)15-8-6-7-9-16(15)26-3/h6-9H,4-5,10-14H2,1-3H3,(H,20,25)(H,23,24). The van der Waals surface area contributed by atoms with Gasteiger partial charge in [0.15, 0.2) is 0 Å². The van der Waals surface area contributed by atoms with Gasteiger partial charge in [0.25, 0.3) is 0 Å². The summed E-state index contributed by atoms with van der Waals surface area (Å²) in [4.78, 5) is 27.9. The first-order valence-corrected chi connectivity index (χ1v) is 9.11. The summed E-state index contributed by atoms with van der Waals surface area (Å²) in [6.45, 7) is 6.43. The highest BCUT2D eigenvalue weighted by Gasteiger charge is 2.35. The number of urea groups is 1. The van der Waals surface area contributed by atoms with Gasteiger partial charge < -0.3 is 25.0 Å². The van der Waals surface area contributed by atoms with E-state index in [-0.39, 0.29) is 12.6 Å². The van der Waals surface area contributed by atoms with Gasteiger partial charge in [-0.2, -0.15) is 0 Å². The topological polar surface area (TPSA) is 82.1 Å². The molecule has 144 valence electrons. The second-order valence-corrected chi connectivity index (χ2v) is 6.60. The quantitative estimate of drug-likeness (QED) is 0.777. The van der Waals surface area contributed by atoms with Crippen LogP contribution >= 0.6 is 0 Å². The number of nitrogens with zero attached hydrogens (tertiary/aromatic N) is 2. The number of carbonyl (C=O) groups excluding carboxylic acids is 1. The van der Waals surface area contributed by atoms with Crippen LogP contribution in [0.2, 0.25) is 0 Å². The third-order valence-electron chi connectivity index (χ3n) is 5.38. The van der Waals surface area contributed by atoms with Gasteiger partial charge in [-0.1, -0.05) is 26.0 Å². The Balaban J connectivity index is 1.91. The van der Waals surface area contributed by atoms with E-state index in [0.29, 0.717) is 39.0 Å². The van der Waals surface area contributed by atoms with Crippen molar-refractivity contribution >= 4 is 17.7 Å². The molecular formula is C19H29N3O4. The van der Waals surface area contributed by atoms with E-state index in [0.717, 1.165) is 11.4 Å². The van der Waals surface area contributed by atoms with Crippen molar-refractivity contribution in [2.75, 3.05) is 44.7 Å². The Morgan fingerprint density at radius 1 is 1.15 bits per heavy atom. The van der Waals surface area contributed by atoms with Crippen LogP contribution in [0.4, 0.5) is 10.5 Å². The summed E-state index contributed by atoms with van der Waals surface area (Å²) < 4.78 is 5.41. The maximum absolute atomic E-state index is 12.4. The average molecular weight is 363 g/mol. The second-order valence-electron chi connectivity index (χ2n) is 6.60. The maximum atomic E-state index is 12.4. The Morgan fingerprint density at radius 2 is 1.77 bits per heavy atom. The minimum Gasteiger partial charge on any atom is -0.495 e. The van der Waals surface area contributed by atoms with Gasteiger partial charge in [-0.05, 0) is 25.0 Å². The fourth-order valence-corrected chi connectivity index (χ4v) is 3.28. The van der Waals surface area contributed by atoms with Gasteiger partial charge in [0.2, 0.25) is 0 Å². The number of hydrogen-bond acceptors (Lipinski definition) is 4. The molecule has 0 saturated carbocycles. The molecule has 0 bridgehead atoms. The molecule has 1 fully saturated rings. The second kappa shape index (κ2) is 8.78. The molecule has 26 heavy (non-hydrogen) atoms. The highest BCUT2D eigenvalue weighted by molar-refractivity contribution is 5.78. The molecule has 1 heterocycles. The lowest BCUT2D eigenvalue weighted by atomic mass is 9.82. The molecule has 0 aliphatic carbocycles. The van der Waals surface area contributed by atoms with Crippen LogP contribution in [-0.4, -0.2) is 61.8 Å². The first-order valence-electron chi connectivity index (χ1n) is 9.11. The van der Waals surface area contributed by atoms with E-state index in [9.17, 15) is 14.7 Å². The number of aliphatic carboxylic acids is 1. The summed E-state index contributed by atoms with van der Waals surface area (Å²) in [7, 11) is 1.65. The van der Waals surface area contributed by atoms with Crippen LogP contribution in [0.5, 0.6) is 5.75 Å². The van der Waals surface area contributed by atoms with Crippen molar-refractivity contribution in [3.63, 3.8) is 0 Å². The van der Waals surface area contributed by atoms with Gasteiger partial charge in [0, 0.05) is 32.7 Å². The van der Waals surface area contributed by atoms with E-state index >= 15 is 0 Å². The number of piperazine rings is 1. The number of benzene rings is 1. The molecule has 0 spiro atoms. The van der Waals surface area contributed by atoms with Crippen molar-refractivity contribution in [3.8, 4) is 5.75 Å². The third-order valence-corrected chi connectivity index (χ3v) is 5.38. The smallest absolute Gasteiger partial charge is 0.317 e. The van der Waals surface area contributed by atoms with Crippen molar-refractivity contribution in [2.24, 2.45) is 5.41 Å². The normalized spacial score (nSPS) is 14.9. The molecule has 2 amide bonds. The van der Waals surface area contributed by atoms with Crippen molar-refractivity contribution in [2.45, 2.75) is 26.7 Å². The molecule has 0 radical (unpaired) electrons. The van der Waals surface area contributed by atoms with Crippen LogP contribution in [0, 0.1) is 5.41 Å². The van der Waals surface area contributed by atoms with Crippen molar-refractivity contribution in [1.29, 1.82) is 0 Å². The fourth-order valence-electron chi connectivity index (χ4n) is 3.28. The molecule has 0 atom stereocenters. The Morgan fingerprint density at radius 3 is 2.31 bits per heavy atom. The van der Waals surface area contributed by atoms with Gasteiger partial charge in [0.05, 0.1) is 18.2 Å². The molecule has 0 aromatic heterocycles. The van der Waals surface area contributed by atoms with Crippen LogP contribution in [-0.2, 0) is 4.79 Å². The van der Waals surface area contributed by atoms with Crippen LogP contribution in [0.15, 0.2) is 24.3 Å². The van der Waals surface area contributed by atoms with Crippen molar-refractivity contribution in [1.82, 2.24) is 10.2 Å². The first kappa shape index (κ1) is 19.9. The van der Waals surface area contributed by atoms with Crippen molar-refractivity contribution in [3.05, 3.63) is 24.3 Å². The molecule has 1 aromatic carbocycles. The van der Waals surface area contributed by atoms with Gasteiger partial charge in [-0.25, -0.2) is 4.79 Å². The van der Waals surface area contributed by atoms with E-state index in [1.54, 1.807) is 12.0 Å². The fraction of sp³-hybridized carbons (Fsp3) is 0.579. The number of amides is 2. The molecule has 2 N–H and O–H groups in total. The van der Waals surface area contributed by atoms with Gasteiger partial charge >= 0.3 is 12.0 Å². The Kier molecular flexibility index (Phi) is 6.71. The monoisotopic (exact) mass is 363 g/mol. The average Bonchev–Trinajstić information content (AvgIpc) is 2.68. The van der Waals surface area contributed by atoms with Crippen molar-refractivity contribution < 1.29 is 19.4 Å². The predicted molar refractivity (Wildman–Crippen MR) is 101 cm³/mol. The molecule has 2 rings (SSSR count). The van der Waals surface area contributed by atoms with Crippen LogP contribution in [0.25, 0.3) is 0 Å². The summed E-state index contributed by atoms with van der Waals surface area (Å²) in [5.41, 5.74) is 0.131. The van der Waals surface area contributed by atoms with Crippen LogP contribution in [0.1, 0.15) is 26.7 Å². The Labute approximate surface area is 154 Å². The minimum atomic E-state index is -0.894. The molecule has 1 aliphatic rings. The van der Waals surface area contributed by atoms with Gasteiger partial charge in [-0.3, -0.25) is 4.79 Å². The number of carboxylic acid groups (broad SMARTS) is 1. The summed E-state index contributed by atoms with van der Waals surface area (Å²) in [5, 5.41) is 12.3. The SMILES string of the molecule is CCC(CC)(CNC(=O)N1CCN(c2ccccc2OC)CC1)C(=O)O. The number of carbonyl (C=O) groups is 2. The largest absolute Gasteiger partial charge is 0.495 e. The van der Waals surface area contributed by atoms with E-state index in [1.807, 2.05) is 38.1 Å². The molecule has 7 nitrogen and oxygen atoms in total. The molecule has 1 saturated heterocycles. The predicted octanol–water partition coefficient (Wildman–Crippen LogP) is 2.42. The molecular weight excluding hydrogens is 334 g/mol. The maximum Gasteiger partial charge on any atom is 0.317 e. The zero-order chi connectivity index (χ0) is 19.2. The van der Waals surface area contributed by atoms with Crippen LogP contribution in [0.3, 0.4) is 0 Å². The van der Waals surface area contributed by atoms with Crippen LogP contribution < -0.4 is 15.0 Å². The summed E-state index contributed by atoms with van der Waals surface area (Å²) in [6.07, 6.45) is 0.974. The lowest BCUT2D eigenvalue weighted by Crippen LogP contribution is -2.54. The number of hydrogen-bond donors (Lipinski definition) is 2.